The van der Waals surface area contributed by atoms with Crippen LogP contribution in [0.3, 0.4) is 0 Å². The number of amides is 2. The molecule has 0 spiro atoms. The lowest BCUT2D eigenvalue weighted by Crippen LogP contribution is -2.44. The highest BCUT2D eigenvalue weighted by Crippen LogP contribution is 2.42. The van der Waals surface area contributed by atoms with Crippen LogP contribution in [0.5, 0.6) is 0 Å². The van der Waals surface area contributed by atoms with Gasteiger partial charge in [0.25, 0.3) is 5.91 Å². The molecule has 3 saturated heterocycles. The largest absolute Gasteiger partial charge is 0.467 e. The average Bonchev–Trinajstić information content (AvgIpc) is 3.53. The fraction of sp³-hybridized carbons (Fsp3) is 0.556. The summed E-state index contributed by atoms with van der Waals surface area (Å²) in [6.07, 6.45) is 5.20. The highest BCUT2D eigenvalue weighted by atomic mass is 32.2. The number of carbonyl (C=O) groups excluding carboxylic acids is 2. The number of sulfonamides is 1. The standard InChI is InChI=1S/C27H35N3O5S/c1-18(2)24-25-22(30(27(24)32)36(3,33)34)11-15-29(25)26(31)21-12-16-35-23(21)17-28-13-9-20(10-14-28)19-7-5-4-6-8-19/h4-8,12,16,18,20,22,24-25H,9-11,13-15,17H2,1-3H3/t22-,24+,25-/m0/s1. The van der Waals surface area contributed by atoms with Gasteiger partial charge >= 0.3 is 0 Å². The fourth-order valence-electron chi connectivity index (χ4n) is 6.43. The first-order valence-corrected chi connectivity index (χ1v) is 14.7. The van der Waals surface area contributed by atoms with Gasteiger partial charge in [0.1, 0.15) is 5.76 Å². The molecule has 194 valence electrons. The van der Waals surface area contributed by atoms with E-state index in [1.165, 1.54) is 5.56 Å². The molecular weight excluding hydrogens is 478 g/mol. The summed E-state index contributed by atoms with van der Waals surface area (Å²) in [5.74, 6) is -0.0179. The predicted molar refractivity (Wildman–Crippen MR) is 136 cm³/mol. The van der Waals surface area contributed by atoms with Crippen LogP contribution in [-0.4, -0.2) is 72.3 Å². The quantitative estimate of drug-likeness (QED) is 0.589. The molecule has 3 aliphatic heterocycles. The average molecular weight is 514 g/mol. The van der Waals surface area contributed by atoms with Gasteiger partial charge in [-0.05, 0) is 55.8 Å². The molecule has 0 unspecified atom stereocenters. The second-order valence-corrected chi connectivity index (χ2v) is 12.6. The van der Waals surface area contributed by atoms with E-state index in [1.54, 1.807) is 17.2 Å². The Morgan fingerprint density at radius 3 is 2.39 bits per heavy atom. The van der Waals surface area contributed by atoms with Crippen LogP contribution in [-0.2, 0) is 21.4 Å². The lowest BCUT2D eigenvalue weighted by molar-refractivity contribution is -0.129. The zero-order chi connectivity index (χ0) is 25.6. The summed E-state index contributed by atoms with van der Waals surface area (Å²) >= 11 is 0. The Hall–Kier alpha value is -2.65. The van der Waals surface area contributed by atoms with Gasteiger partial charge in [-0.1, -0.05) is 44.2 Å². The molecule has 0 aliphatic carbocycles. The molecule has 1 aromatic carbocycles. The summed E-state index contributed by atoms with van der Waals surface area (Å²) < 4.78 is 31.7. The lowest BCUT2D eigenvalue weighted by Gasteiger charge is -2.32. The Balaban J connectivity index is 1.30. The minimum Gasteiger partial charge on any atom is -0.467 e. The third-order valence-electron chi connectivity index (χ3n) is 8.13. The van der Waals surface area contributed by atoms with Crippen molar-refractivity contribution in [2.24, 2.45) is 11.8 Å². The van der Waals surface area contributed by atoms with Crippen molar-refractivity contribution in [1.82, 2.24) is 14.1 Å². The zero-order valence-electron chi connectivity index (χ0n) is 21.2. The number of rotatable bonds is 6. The van der Waals surface area contributed by atoms with E-state index in [1.807, 2.05) is 19.9 Å². The van der Waals surface area contributed by atoms with E-state index in [-0.39, 0.29) is 11.8 Å². The van der Waals surface area contributed by atoms with Crippen LogP contribution in [0.25, 0.3) is 0 Å². The maximum absolute atomic E-state index is 13.7. The second kappa shape index (κ2) is 9.67. The third-order valence-corrected chi connectivity index (χ3v) is 9.29. The minimum absolute atomic E-state index is 0.0834. The van der Waals surface area contributed by atoms with Crippen molar-refractivity contribution < 1.29 is 22.4 Å². The Kier molecular flexibility index (Phi) is 6.72. The van der Waals surface area contributed by atoms with Crippen molar-refractivity contribution in [2.45, 2.75) is 57.7 Å². The first kappa shape index (κ1) is 25.0. The van der Waals surface area contributed by atoms with Crippen molar-refractivity contribution in [2.75, 3.05) is 25.9 Å². The lowest BCUT2D eigenvalue weighted by atomic mass is 9.88. The van der Waals surface area contributed by atoms with E-state index in [0.717, 1.165) is 36.5 Å². The molecule has 0 radical (unpaired) electrons. The monoisotopic (exact) mass is 513 g/mol. The molecule has 0 N–H and O–H groups in total. The molecule has 3 aliphatic rings. The van der Waals surface area contributed by atoms with Crippen LogP contribution in [0.2, 0.25) is 0 Å². The molecule has 1 aromatic heterocycles. The number of likely N-dealkylation sites (tertiary alicyclic amines) is 2. The third kappa shape index (κ3) is 4.47. The number of nitrogens with zero attached hydrogens (tertiary/aromatic N) is 3. The molecule has 0 bridgehead atoms. The van der Waals surface area contributed by atoms with Crippen molar-refractivity contribution in [3.05, 3.63) is 59.5 Å². The van der Waals surface area contributed by atoms with Gasteiger partial charge in [0, 0.05) is 6.54 Å². The van der Waals surface area contributed by atoms with Crippen LogP contribution in [0, 0.1) is 11.8 Å². The number of fused-ring (bicyclic) bond motifs is 1. The van der Waals surface area contributed by atoms with Gasteiger partial charge in [-0.2, -0.15) is 0 Å². The summed E-state index contributed by atoms with van der Waals surface area (Å²) in [4.78, 5) is 30.9. The second-order valence-electron chi connectivity index (χ2n) is 10.7. The highest BCUT2D eigenvalue weighted by molar-refractivity contribution is 7.88. The Morgan fingerprint density at radius 1 is 1.06 bits per heavy atom. The van der Waals surface area contributed by atoms with Gasteiger partial charge in [-0.25, -0.2) is 12.7 Å². The molecule has 0 saturated carbocycles. The van der Waals surface area contributed by atoms with Crippen molar-refractivity contribution in [3.63, 3.8) is 0 Å². The van der Waals surface area contributed by atoms with Crippen LogP contribution >= 0.6 is 0 Å². The zero-order valence-corrected chi connectivity index (χ0v) is 22.0. The van der Waals surface area contributed by atoms with E-state index in [2.05, 4.69) is 29.2 Å². The van der Waals surface area contributed by atoms with Gasteiger partial charge in [-0.15, -0.1) is 0 Å². The van der Waals surface area contributed by atoms with Gasteiger partial charge in [0.15, 0.2) is 0 Å². The molecule has 4 heterocycles. The first-order valence-electron chi connectivity index (χ1n) is 12.8. The van der Waals surface area contributed by atoms with Crippen LogP contribution in [0.1, 0.15) is 60.7 Å². The predicted octanol–water partition coefficient (Wildman–Crippen LogP) is 3.32. The number of benzene rings is 1. The first-order chi connectivity index (χ1) is 17.2. The molecule has 2 aromatic rings. The van der Waals surface area contributed by atoms with Crippen molar-refractivity contribution in [1.29, 1.82) is 0 Å². The summed E-state index contributed by atoms with van der Waals surface area (Å²) in [5.41, 5.74) is 1.89. The maximum Gasteiger partial charge on any atom is 0.257 e. The fourth-order valence-corrected chi connectivity index (χ4v) is 7.60. The number of hydrogen-bond acceptors (Lipinski definition) is 6. The summed E-state index contributed by atoms with van der Waals surface area (Å²) in [6.45, 7) is 6.65. The molecular formula is C27H35N3O5S. The normalized spacial score (nSPS) is 25.7. The van der Waals surface area contributed by atoms with Crippen LogP contribution in [0.15, 0.2) is 47.1 Å². The van der Waals surface area contributed by atoms with E-state index < -0.39 is 33.9 Å². The van der Waals surface area contributed by atoms with Crippen molar-refractivity contribution in [3.8, 4) is 0 Å². The number of carbonyl (C=O) groups is 2. The van der Waals surface area contributed by atoms with Gasteiger partial charge < -0.3 is 9.32 Å². The Morgan fingerprint density at radius 2 is 1.75 bits per heavy atom. The minimum atomic E-state index is -3.71. The van der Waals surface area contributed by atoms with E-state index in [0.29, 0.717) is 36.8 Å². The maximum atomic E-state index is 13.7. The van der Waals surface area contributed by atoms with E-state index in [4.69, 9.17) is 4.42 Å². The Bertz CT molecular complexity index is 1220. The number of hydrogen-bond donors (Lipinski definition) is 0. The topological polar surface area (TPSA) is 91.1 Å². The summed E-state index contributed by atoms with van der Waals surface area (Å²) in [5, 5.41) is 0. The number of furan rings is 1. The van der Waals surface area contributed by atoms with Crippen LogP contribution in [0.4, 0.5) is 0 Å². The molecule has 8 nitrogen and oxygen atoms in total. The molecule has 3 fully saturated rings. The molecule has 9 heteroatoms. The van der Waals surface area contributed by atoms with E-state index in [9.17, 15) is 18.0 Å². The van der Waals surface area contributed by atoms with Crippen molar-refractivity contribution >= 4 is 21.8 Å². The summed E-state index contributed by atoms with van der Waals surface area (Å²) in [7, 11) is -3.71. The van der Waals surface area contributed by atoms with Gasteiger partial charge in [0.05, 0.1) is 42.6 Å². The Labute approximate surface area is 213 Å². The van der Waals surface area contributed by atoms with Gasteiger partial charge in [-0.3, -0.25) is 14.5 Å². The van der Waals surface area contributed by atoms with E-state index >= 15 is 0 Å². The summed E-state index contributed by atoms with van der Waals surface area (Å²) in [6, 6.07) is 11.3. The van der Waals surface area contributed by atoms with Gasteiger partial charge in [0.2, 0.25) is 15.9 Å². The molecule has 3 atom stereocenters. The highest BCUT2D eigenvalue weighted by Gasteiger charge is 2.58. The molecule has 36 heavy (non-hydrogen) atoms. The smallest absolute Gasteiger partial charge is 0.257 e. The van der Waals surface area contributed by atoms with Crippen LogP contribution < -0.4 is 0 Å². The molecule has 5 rings (SSSR count). The number of piperidine rings is 1. The SMILES string of the molecule is CC(C)[C@H]1C(=O)N(S(C)(=O)=O)[C@H]2CCN(C(=O)c3ccoc3CN3CCC(c4ccccc4)CC3)[C@H]12. The molecule has 2 amide bonds.